The third-order valence-electron chi connectivity index (χ3n) is 10.7. The van der Waals surface area contributed by atoms with Crippen molar-refractivity contribution in [1.82, 2.24) is 5.32 Å². The Labute approximate surface area is 333 Å². The van der Waals surface area contributed by atoms with E-state index < -0.39 is 192 Å². The second-order valence-electron chi connectivity index (χ2n) is 14.7. The predicted octanol–water partition coefficient (Wildman–Crippen LogP) is -11.8. The van der Waals surface area contributed by atoms with E-state index in [9.17, 15) is 86.5 Å². The maximum Gasteiger partial charge on any atom is 0.217 e. The highest BCUT2D eigenvalue weighted by molar-refractivity contribution is 5.73. The molecule has 5 fully saturated rings. The highest BCUT2D eigenvalue weighted by Crippen LogP contribution is 2.35. The van der Waals surface area contributed by atoms with Crippen LogP contribution in [0.3, 0.4) is 0 Å². The van der Waals surface area contributed by atoms with Crippen LogP contribution in [0.25, 0.3) is 0 Å². The summed E-state index contributed by atoms with van der Waals surface area (Å²) in [5, 5.41) is 170. The van der Waals surface area contributed by atoms with E-state index in [2.05, 4.69) is 5.32 Å². The summed E-state index contributed by atoms with van der Waals surface area (Å²) in [5.74, 6) is -0.689. The zero-order chi connectivity index (χ0) is 43.6. The van der Waals surface area contributed by atoms with E-state index in [1.807, 2.05) is 0 Å². The lowest BCUT2D eigenvalue weighted by Gasteiger charge is -2.49. The Hall–Kier alpha value is -1.53. The molecule has 0 aromatic carbocycles. The van der Waals surface area contributed by atoms with Crippen LogP contribution in [0.5, 0.6) is 0 Å². The van der Waals surface area contributed by atoms with Crippen LogP contribution in [-0.2, 0) is 47.4 Å². The Kier molecular flexibility index (Phi) is 17.1. The normalized spacial score (nSPS) is 51.0. The van der Waals surface area contributed by atoms with Gasteiger partial charge in [0.05, 0.1) is 33.0 Å². The van der Waals surface area contributed by atoms with E-state index >= 15 is 0 Å². The number of nitrogens with one attached hydrogen (secondary N) is 1. The Morgan fingerprint density at radius 2 is 0.847 bits per heavy atom. The number of aliphatic hydroxyl groups excluding tert-OH is 16. The summed E-state index contributed by atoms with van der Waals surface area (Å²) >= 11 is 0. The van der Waals surface area contributed by atoms with Crippen LogP contribution in [0.15, 0.2) is 0 Å². The van der Waals surface area contributed by atoms with Crippen LogP contribution in [-0.4, -0.2) is 274 Å². The minimum absolute atomic E-state index is 0.689. The van der Waals surface area contributed by atoms with Gasteiger partial charge in [0.2, 0.25) is 5.91 Å². The first-order valence-corrected chi connectivity index (χ1v) is 18.6. The third kappa shape index (κ3) is 10.3. The molecule has 59 heavy (non-hydrogen) atoms. The standard InChI is InChI=1S/C32H55NO26/c1-7(38)33-13-17(42)25(10(4-36)52-28(13)50)57-31-23(48)20(45)26(11(5-37)55-31)58-32-24(49)27(59-30-22(47)19(44)15(40)9(3-35)54-30)16(41)12(56-32)6-51-29-21(46)18(43)14(39)8(2-34)53-29/h8-32,34-37,39-50H,2-6H2,1H3,(H,33,38)/t8-,9-,10-,11-,12-,13-,14-,15-,16-,17-,18+,19+,20-,21+,22+,23+,24+,25-,26-,27+,28-,29-,30-,31+,32+/m1/s1. The number of amides is 1. The molecule has 344 valence electrons. The lowest BCUT2D eigenvalue weighted by molar-refractivity contribution is -0.389. The summed E-state index contributed by atoms with van der Waals surface area (Å²) in [7, 11) is 0. The van der Waals surface area contributed by atoms with Gasteiger partial charge in [0.1, 0.15) is 122 Å². The molecular formula is C32H55NO26. The highest BCUT2D eigenvalue weighted by atomic mass is 16.8. The lowest BCUT2D eigenvalue weighted by atomic mass is 9.95. The van der Waals surface area contributed by atoms with Gasteiger partial charge >= 0.3 is 0 Å². The SMILES string of the molecule is CC(=O)N[C@@H]1[C@@H](O)[C@H](O[C@@H]2O[C@H](CO)[C@@H](O[C@@H]3O[C@H](CO[C@@H]4O[C@H](CO)[C@@H](O)[C@H](O)[C@@H]4O)[C@@H](O)[C@H](O[C@H]4O[C@H](CO)[C@@H](O)[C@H](O)[C@@H]4O)[C@@H]3O)[C@H](O)[C@@H]2O)[C@@H](CO)O[C@H]1O. The molecule has 0 bridgehead atoms. The summed E-state index contributed by atoms with van der Waals surface area (Å²) in [5.41, 5.74) is 0. The number of carbonyl (C=O) groups excluding carboxylic acids is 1. The molecule has 17 N–H and O–H groups in total. The summed E-state index contributed by atoms with van der Waals surface area (Å²) in [6.07, 6.45) is -44.5. The summed E-state index contributed by atoms with van der Waals surface area (Å²) < 4.78 is 49.9. The molecule has 0 radical (unpaired) electrons. The van der Waals surface area contributed by atoms with Crippen molar-refractivity contribution in [2.45, 2.75) is 160 Å². The van der Waals surface area contributed by atoms with Crippen molar-refractivity contribution in [2.75, 3.05) is 33.0 Å². The zero-order valence-corrected chi connectivity index (χ0v) is 31.2. The minimum Gasteiger partial charge on any atom is -0.394 e. The fourth-order valence-electron chi connectivity index (χ4n) is 7.33. The maximum atomic E-state index is 11.7. The van der Waals surface area contributed by atoms with Crippen molar-refractivity contribution in [3.63, 3.8) is 0 Å². The molecule has 0 aliphatic carbocycles. The van der Waals surface area contributed by atoms with Crippen LogP contribution in [0.2, 0.25) is 0 Å². The van der Waals surface area contributed by atoms with Gasteiger partial charge in [-0.25, -0.2) is 0 Å². The van der Waals surface area contributed by atoms with Crippen LogP contribution in [0, 0.1) is 0 Å². The van der Waals surface area contributed by atoms with Gasteiger partial charge in [-0.3, -0.25) is 4.79 Å². The van der Waals surface area contributed by atoms with E-state index in [4.69, 9.17) is 42.6 Å². The first kappa shape index (κ1) is 48.5. The summed E-state index contributed by atoms with van der Waals surface area (Å²) in [6, 6.07) is -1.49. The molecule has 0 aromatic rings. The monoisotopic (exact) mass is 869 g/mol. The van der Waals surface area contributed by atoms with Crippen molar-refractivity contribution in [1.29, 1.82) is 0 Å². The van der Waals surface area contributed by atoms with Crippen LogP contribution >= 0.6 is 0 Å². The minimum atomic E-state index is -2.17. The first-order valence-electron chi connectivity index (χ1n) is 18.6. The Morgan fingerprint density at radius 1 is 0.441 bits per heavy atom. The Bertz CT molecular complexity index is 1320. The summed E-state index contributed by atoms with van der Waals surface area (Å²) in [4.78, 5) is 11.7. The summed E-state index contributed by atoms with van der Waals surface area (Å²) in [6.45, 7) is -3.32. The van der Waals surface area contributed by atoms with Crippen LogP contribution < -0.4 is 5.32 Å². The highest BCUT2D eigenvalue weighted by Gasteiger charge is 2.56. The quantitative estimate of drug-likeness (QED) is 0.0770. The van der Waals surface area contributed by atoms with Gasteiger partial charge < -0.3 is 130 Å². The molecule has 27 nitrogen and oxygen atoms in total. The molecule has 5 aliphatic rings. The van der Waals surface area contributed by atoms with E-state index in [0.717, 1.165) is 6.92 Å². The van der Waals surface area contributed by atoms with Crippen LogP contribution in [0.1, 0.15) is 6.92 Å². The van der Waals surface area contributed by atoms with Gasteiger partial charge in [0.15, 0.2) is 31.5 Å². The fourth-order valence-corrected chi connectivity index (χ4v) is 7.33. The van der Waals surface area contributed by atoms with Gasteiger partial charge in [0.25, 0.3) is 0 Å². The average molecular weight is 870 g/mol. The van der Waals surface area contributed by atoms with Gasteiger partial charge in [-0.1, -0.05) is 0 Å². The van der Waals surface area contributed by atoms with E-state index in [1.54, 1.807) is 0 Å². The Balaban J connectivity index is 1.36. The van der Waals surface area contributed by atoms with Gasteiger partial charge in [-0.2, -0.15) is 0 Å². The molecular weight excluding hydrogens is 814 g/mol. The second kappa shape index (κ2) is 20.8. The molecule has 25 atom stereocenters. The van der Waals surface area contributed by atoms with Gasteiger partial charge in [0, 0.05) is 6.92 Å². The van der Waals surface area contributed by atoms with E-state index in [0.29, 0.717) is 0 Å². The molecule has 5 heterocycles. The molecule has 1 amide bonds. The van der Waals surface area contributed by atoms with Crippen molar-refractivity contribution in [2.24, 2.45) is 0 Å². The average Bonchev–Trinajstić information content (AvgIpc) is 3.21. The van der Waals surface area contributed by atoms with Crippen molar-refractivity contribution in [3.8, 4) is 0 Å². The van der Waals surface area contributed by atoms with E-state index in [1.165, 1.54) is 0 Å². The first-order chi connectivity index (χ1) is 27.9. The fraction of sp³-hybridized carbons (Fsp3) is 0.969. The number of carbonyl (C=O) groups is 1. The predicted molar refractivity (Wildman–Crippen MR) is 178 cm³/mol. The Morgan fingerprint density at radius 3 is 1.37 bits per heavy atom. The molecule has 0 spiro atoms. The molecule has 0 aromatic heterocycles. The number of hydrogen-bond donors (Lipinski definition) is 17. The van der Waals surface area contributed by atoms with Crippen molar-refractivity contribution in [3.05, 3.63) is 0 Å². The second-order valence-corrected chi connectivity index (χ2v) is 14.7. The molecule has 0 unspecified atom stereocenters. The molecule has 5 aliphatic heterocycles. The number of rotatable bonds is 14. The lowest BCUT2D eigenvalue weighted by Crippen LogP contribution is -2.68. The van der Waals surface area contributed by atoms with Gasteiger partial charge in [-0.05, 0) is 0 Å². The van der Waals surface area contributed by atoms with Crippen molar-refractivity contribution >= 4 is 5.91 Å². The zero-order valence-electron chi connectivity index (χ0n) is 31.2. The number of aliphatic hydroxyl groups is 16. The third-order valence-corrected chi connectivity index (χ3v) is 10.7. The van der Waals surface area contributed by atoms with Crippen LogP contribution in [0.4, 0.5) is 0 Å². The van der Waals surface area contributed by atoms with E-state index in [-0.39, 0.29) is 0 Å². The molecule has 0 saturated carbocycles. The topological polar surface area (TPSA) is 436 Å². The number of ether oxygens (including phenoxy) is 9. The van der Waals surface area contributed by atoms with Crippen molar-refractivity contribution < 1.29 is 129 Å². The number of hydrogen-bond acceptors (Lipinski definition) is 26. The molecule has 27 heteroatoms. The smallest absolute Gasteiger partial charge is 0.217 e. The molecule has 5 rings (SSSR count). The maximum absolute atomic E-state index is 11.7. The van der Waals surface area contributed by atoms with Gasteiger partial charge in [-0.15, -0.1) is 0 Å². The molecule has 5 saturated heterocycles. The largest absolute Gasteiger partial charge is 0.394 e.